The van der Waals surface area contributed by atoms with Crippen molar-refractivity contribution in [2.75, 3.05) is 13.2 Å². The van der Waals surface area contributed by atoms with E-state index in [9.17, 15) is 9.90 Å². The summed E-state index contributed by atoms with van der Waals surface area (Å²) in [6, 6.07) is 0. The van der Waals surface area contributed by atoms with E-state index in [1.807, 2.05) is 27.7 Å². The predicted molar refractivity (Wildman–Crippen MR) is 95.1 cm³/mol. The lowest BCUT2D eigenvalue weighted by molar-refractivity contribution is -0.0243. The summed E-state index contributed by atoms with van der Waals surface area (Å²) in [5, 5.41) is 10.1. The second kappa shape index (κ2) is 6.37. The number of amides is 1. The molecule has 0 aromatic rings. The maximum atomic E-state index is 12.5. The van der Waals surface area contributed by atoms with Crippen molar-refractivity contribution >= 4 is 14.4 Å². The van der Waals surface area contributed by atoms with Crippen molar-refractivity contribution < 1.29 is 19.1 Å². The number of aliphatic hydroxyl groups is 1. The first-order valence-corrected chi connectivity index (χ1v) is 11.3. The van der Waals surface area contributed by atoms with Gasteiger partial charge in [-0.15, -0.1) is 0 Å². The fraction of sp³-hybridized carbons (Fsp3) is 0.941. The highest BCUT2D eigenvalue weighted by molar-refractivity contribution is 6.74. The van der Waals surface area contributed by atoms with E-state index in [0.29, 0.717) is 6.54 Å². The molecule has 1 N–H and O–H groups in total. The van der Waals surface area contributed by atoms with E-state index < -0.39 is 19.5 Å². The molecule has 1 aliphatic heterocycles. The van der Waals surface area contributed by atoms with Crippen LogP contribution in [0.4, 0.5) is 4.79 Å². The van der Waals surface area contributed by atoms with Crippen LogP contribution in [0.5, 0.6) is 0 Å². The highest BCUT2D eigenvalue weighted by Crippen LogP contribution is 2.42. The molecule has 6 heteroatoms. The Morgan fingerprint density at radius 3 is 2.17 bits per heavy atom. The van der Waals surface area contributed by atoms with Crippen LogP contribution in [0.2, 0.25) is 18.1 Å². The van der Waals surface area contributed by atoms with Crippen molar-refractivity contribution in [2.45, 2.75) is 90.3 Å². The smallest absolute Gasteiger partial charge is 0.410 e. The van der Waals surface area contributed by atoms with Gasteiger partial charge in [0.15, 0.2) is 8.32 Å². The Kier molecular flexibility index (Phi) is 5.67. The molecule has 1 aliphatic rings. The first kappa shape index (κ1) is 20.5. The normalized spacial score (nSPS) is 26.5. The molecule has 1 saturated heterocycles. The number of ether oxygens (including phenoxy) is 1. The lowest BCUT2D eigenvalue weighted by atomic mass is 9.97. The number of rotatable bonds is 3. The molecular formula is C17H35NO4Si. The van der Waals surface area contributed by atoms with Crippen LogP contribution >= 0.6 is 0 Å². The summed E-state index contributed by atoms with van der Waals surface area (Å²) < 4.78 is 12.0. The SMILES string of the molecule is CC(C)(C)OC(=O)N1CC[C@@H](O[Si](C)(C)C(C)(C)C)[C@]1(C)CO. The van der Waals surface area contributed by atoms with Crippen LogP contribution in [0, 0.1) is 0 Å². The summed E-state index contributed by atoms with van der Waals surface area (Å²) in [6.45, 7) is 18.8. The predicted octanol–water partition coefficient (Wildman–Crippen LogP) is 3.77. The summed E-state index contributed by atoms with van der Waals surface area (Å²) in [7, 11) is -1.98. The van der Waals surface area contributed by atoms with Crippen molar-refractivity contribution in [1.29, 1.82) is 0 Å². The quantitative estimate of drug-likeness (QED) is 0.791. The van der Waals surface area contributed by atoms with Crippen molar-refractivity contribution in [2.24, 2.45) is 0 Å². The second-order valence-electron chi connectivity index (χ2n) is 9.30. The van der Waals surface area contributed by atoms with E-state index in [2.05, 4.69) is 33.9 Å². The maximum Gasteiger partial charge on any atom is 0.410 e. The van der Waals surface area contributed by atoms with Crippen molar-refractivity contribution in [3.05, 3.63) is 0 Å². The molecule has 0 saturated carbocycles. The molecule has 0 unspecified atom stereocenters. The molecule has 0 aromatic carbocycles. The number of carbonyl (C=O) groups is 1. The number of nitrogens with zero attached hydrogens (tertiary/aromatic N) is 1. The Morgan fingerprint density at radius 2 is 1.78 bits per heavy atom. The van der Waals surface area contributed by atoms with E-state index in [0.717, 1.165) is 6.42 Å². The van der Waals surface area contributed by atoms with Crippen LogP contribution in [0.25, 0.3) is 0 Å². The van der Waals surface area contributed by atoms with Gasteiger partial charge in [0, 0.05) is 6.54 Å². The van der Waals surface area contributed by atoms with Gasteiger partial charge in [0.25, 0.3) is 0 Å². The largest absolute Gasteiger partial charge is 0.444 e. The van der Waals surface area contributed by atoms with Crippen LogP contribution in [0.3, 0.4) is 0 Å². The van der Waals surface area contributed by atoms with E-state index in [1.165, 1.54) is 0 Å². The minimum absolute atomic E-state index is 0.0860. The highest BCUT2D eigenvalue weighted by atomic mass is 28.4. The zero-order valence-corrected chi connectivity index (χ0v) is 17.3. The molecule has 2 atom stereocenters. The van der Waals surface area contributed by atoms with Crippen LogP contribution in [-0.2, 0) is 9.16 Å². The summed E-state index contributed by atoms with van der Waals surface area (Å²) in [6.07, 6.45) is 0.180. The van der Waals surface area contributed by atoms with Crippen LogP contribution < -0.4 is 0 Å². The molecule has 0 spiro atoms. The van der Waals surface area contributed by atoms with Crippen LogP contribution in [-0.4, -0.2) is 54.8 Å². The van der Waals surface area contributed by atoms with Crippen molar-refractivity contribution in [1.82, 2.24) is 4.90 Å². The van der Waals surface area contributed by atoms with E-state index >= 15 is 0 Å². The summed E-state index contributed by atoms with van der Waals surface area (Å²) in [5.74, 6) is 0. The molecule has 1 rings (SSSR count). The summed E-state index contributed by atoms with van der Waals surface area (Å²) >= 11 is 0. The van der Waals surface area contributed by atoms with Gasteiger partial charge in [-0.2, -0.15) is 0 Å². The van der Waals surface area contributed by atoms with E-state index in [-0.39, 0.29) is 23.8 Å². The first-order valence-electron chi connectivity index (χ1n) is 8.43. The average Bonchev–Trinajstić information content (AvgIpc) is 2.63. The minimum Gasteiger partial charge on any atom is -0.444 e. The molecule has 5 nitrogen and oxygen atoms in total. The molecule has 136 valence electrons. The Labute approximate surface area is 142 Å². The zero-order valence-electron chi connectivity index (χ0n) is 16.3. The monoisotopic (exact) mass is 345 g/mol. The fourth-order valence-electron chi connectivity index (χ4n) is 2.51. The van der Waals surface area contributed by atoms with Crippen molar-refractivity contribution in [3.63, 3.8) is 0 Å². The van der Waals surface area contributed by atoms with Gasteiger partial charge in [0.05, 0.1) is 18.2 Å². The number of likely N-dealkylation sites (tertiary alicyclic amines) is 1. The third-order valence-electron chi connectivity index (χ3n) is 5.10. The molecular weight excluding hydrogens is 310 g/mol. The van der Waals surface area contributed by atoms with Gasteiger partial charge >= 0.3 is 6.09 Å². The summed E-state index contributed by atoms with van der Waals surface area (Å²) in [4.78, 5) is 14.1. The van der Waals surface area contributed by atoms with Gasteiger partial charge in [-0.3, -0.25) is 4.90 Å². The Balaban J connectivity index is 2.96. The highest BCUT2D eigenvalue weighted by Gasteiger charge is 2.52. The van der Waals surface area contributed by atoms with Crippen LogP contribution in [0.1, 0.15) is 54.9 Å². The topological polar surface area (TPSA) is 59.0 Å². The Bertz CT molecular complexity index is 439. The molecule has 0 aliphatic carbocycles. The first-order chi connectivity index (χ1) is 10.1. The second-order valence-corrected chi connectivity index (χ2v) is 14.1. The molecule has 0 bridgehead atoms. The number of carbonyl (C=O) groups excluding carboxylic acids is 1. The van der Waals surface area contributed by atoms with Gasteiger partial charge in [-0.1, -0.05) is 20.8 Å². The minimum atomic E-state index is -1.98. The lowest BCUT2D eigenvalue weighted by Crippen LogP contribution is -2.58. The van der Waals surface area contributed by atoms with Gasteiger partial charge in [-0.05, 0) is 52.2 Å². The van der Waals surface area contributed by atoms with Gasteiger partial charge in [0.2, 0.25) is 0 Å². The molecule has 23 heavy (non-hydrogen) atoms. The fourth-order valence-corrected chi connectivity index (χ4v) is 3.95. The molecule has 1 heterocycles. The number of hydrogen-bond acceptors (Lipinski definition) is 4. The van der Waals surface area contributed by atoms with Gasteiger partial charge in [0.1, 0.15) is 5.60 Å². The Morgan fingerprint density at radius 1 is 1.26 bits per heavy atom. The lowest BCUT2D eigenvalue weighted by Gasteiger charge is -2.44. The average molecular weight is 346 g/mol. The van der Waals surface area contributed by atoms with E-state index in [1.54, 1.807) is 4.90 Å². The van der Waals surface area contributed by atoms with E-state index in [4.69, 9.17) is 9.16 Å². The molecule has 0 radical (unpaired) electrons. The maximum absolute atomic E-state index is 12.5. The summed E-state index contributed by atoms with van der Waals surface area (Å²) in [5.41, 5.74) is -1.29. The van der Waals surface area contributed by atoms with Gasteiger partial charge in [-0.25, -0.2) is 4.79 Å². The van der Waals surface area contributed by atoms with Crippen LogP contribution in [0.15, 0.2) is 0 Å². The standard InChI is InChI=1S/C17H35NO4Si/c1-15(2,3)21-14(20)18-11-10-13(17(18,7)12-19)22-23(8,9)16(4,5)6/h13,19H,10-12H2,1-9H3/t13-,17+/m1/s1. The zero-order chi connectivity index (χ0) is 18.3. The third kappa shape index (κ3) is 4.48. The van der Waals surface area contributed by atoms with Crippen molar-refractivity contribution in [3.8, 4) is 0 Å². The molecule has 1 fully saturated rings. The number of hydrogen-bond donors (Lipinski definition) is 1. The molecule has 1 amide bonds. The Hall–Kier alpha value is -0.593. The number of aliphatic hydroxyl groups excluding tert-OH is 1. The molecule has 0 aromatic heterocycles. The third-order valence-corrected chi connectivity index (χ3v) is 9.59. The van der Waals surface area contributed by atoms with Gasteiger partial charge < -0.3 is 14.3 Å².